The molecule has 0 bridgehead atoms. The van der Waals surface area contributed by atoms with E-state index in [0.29, 0.717) is 0 Å². The van der Waals surface area contributed by atoms with Gasteiger partial charge in [-0.25, -0.2) is 0 Å². The van der Waals surface area contributed by atoms with Crippen molar-refractivity contribution in [3.05, 3.63) is 30.3 Å². The first-order valence-corrected chi connectivity index (χ1v) is 15.9. The average molecular weight is 316 g/mol. The zero-order valence-corrected chi connectivity index (χ0v) is 16.4. The van der Waals surface area contributed by atoms with Gasteiger partial charge in [0.1, 0.15) is 25.4 Å². The number of benzene rings is 1. The molecule has 1 unspecified atom stereocenters. The minimum Gasteiger partial charge on any atom is -0.367 e. The predicted octanol–water partition coefficient (Wildman–Crippen LogP) is 3.37. The van der Waals surface area contributed by atoms with E-state index in [-0.39, 0.29) is 0 Å². The van der Waals surface area contributed by atoms with E-state index in [1.165, 1.54) is 5.19 Å². The van der Waals surface area contributed by atoms with E-state index in [4.69, 9.17) is 11.6 Å². The maximum Gasteiger partial charge on any atom is 0.145 e. The maximum absolute atomic E-state index is 6.37. The summed E-state index contributed by atoms with van der Waals surface area (Å²) < 4.78 is 2.92. The molecule has 0 aliphatic rings. The molecule has 0 aliphatic heterocycles. The second kappa shape index (κ2) is 6.05. The van der Waals surface area contributed by atoms with E-state index in [2.05, 4.69) is 73.5 Å². The number of rotatable bonds is 5. The first kappa shape index (κ1) is 16.2. The first-order valence-electron chi connectivity index (χ1n) is 6.58. The van der Waals surface area contributed by atoms with Crippen molar-refractivity contribution < 1.29 is 0 Å². The van der Waals surface area contributed by atoms with Crippen molar-refractivity contribution >= 4 is 42.2 Å². The molecule has 0 fully saturated rings. The van der Waals surface area contributed by atoms with Gasteiger partial charge in [0.05, 0.1) is 0 Å². The van der Waals surface area contributed by atoms with Crippen molar-refractivity contribution in [2.45, 2.75) is 39.3 Å². The van der Waals surface area contributed by atoms with Crippen LogP contribution in [0, 0.1) is 0 Å². The Morgan fingerprint density at radius 1 is 0.944 bits per heavy atom. The molecule has 0 radical (unpaired) electrons. The Morgan fingerprint density at radius 3 is 1.72 bits per heavy atom. The van der Waals surface area contributed by atoms with Crippen LogP contribution in [0.5, 0.6) is 0 Å². The van der Waals surface area contributed by atoms with Gasteiger partial charge in [-0.3, -0.25) is 0 Å². The third kappa shape index (κ3) is 4.06. The van der Waals surface area contributed by atoms with Gasteiger partial charge < -0.3 is 3.90 Å². The smallest absolute Gasteiger partial charge is 0.145 e. The van der Waals surface area contributed by atoms with E-state index in [1.807, 2.05) is 0 Å². The van der Waals surface area contributed by atoms with Crippen LogP contribution in [-0.4, -0.2) is 34.8 Å². The highest BCUT2D eigenvalue weighted by Gasteiger charge is 2.39. The fourth-order valence-corrected chi connectivity index (χ4v) is 22.8. The Bertz CT molecular complexity index is 356. The molecule has 1 nitrogen and oxygen atoms in total. The molecule has 1 atom stereocenters. The van der Waals surface area contributed by atoms with Crippen molar-refractivity contribution in [1.82, 2.24) is 3.90 Å². The number of halogens is 1. The molecule has 102 valence electrons. The van der Waals surface area contributed by atoms with Crippen molar-refractivity contribution in [3.8, 4) is 0 Å². The third-order valence-electron chi connectivity index (χ3n) is 3.09. The minimum atomic E-state index is -1.32. The van der Waals surface area contributed by atoms with E-state index < -0.39 is 25.4 Å². The second-order valence-electron chi connectivity index (χ2n) is 6.79. The van der Waals surface area contributed by atoms with Gasteiger partial charge in [-0.15, -0.1) is 11.6 Å². The number of hydrogen-bond acceptors (Lipinski definition) is 1. The molecule has 1 aromatic carbocycles. The third-order valence-corrected chi connectivity index (χ3v) is 19.5. The van der Waals surface area contributed by atoms with Crippen LogP contribution in [0.4, 0.5) is 0 Å². The largest absolute Gasteiger partial charge is 0.367 e. The zero-order valence-electron chi connectivity index (χ0n) is 12.5. The molecule has 0 amide bonds. The van der Waals surface area contributed by atoms with Crippen LogP contribution < -0.4 is 5.19 Å². The summed E-state index contributed by atoms with van der Waals surface area (Å²) in [5, 5.41) is 1.50. The highest BCUT2D eigenvalue weighted by Crippen LogP contribution is 2.22. The van der Waals surface area contributed by atoms with Gasteiger partial charge in [0.25, 0.3) is 0 Å². The fraction of sp³-hybridized carbons (Fsp3) is 0.538. The lowest BCUT2D eigenvalue weighted by Gasteiger charge is -2.48. The summed E-state index contributed by atoms with van der Waals surface area (Å²) in [5.41, 5.74) is 0.818. The molecule has 0 N–H and O–H groups in total. The summed E-state index contributed by atoms with van der Waals surface area (Å²) in [7, 11) is -3.85. The topological polar surface area (TPSA) is 3.24 Å². The van der Waals surface area contributed by atoms with Gasteiger partial charge in [-0.1, -0.05) is 69.6 Å². The van der Waals surface area contributed by atoms with E-state index in [0.717, 1.165) is 5.50 Å². The molecule has 5 heteroatoms. The lowest BCUT2D eigenvalue weighted by molar-refractivity contribution is 0.936. The van der Waals surface area contributed by atoms with Gasteiger partial charge in [-0.2, -0.15) is 0 Å². The van der Waals surface area contributed by atoms with Crippen LogP contribution in [0.2, 0.25) is 39.3 Å². The summed E-state index contributed by atoms with van der Waals surface area (Å²) in [4.78, 5) is 0. The number of alkyl halides is 1. The summed E-state index contributed by atoms with van der Waals surface area (Å²) in [6, 6.07) is 10.9. The van der Waals surface area contributed by atoms with Crippen LogP contribution in [0.1, 0.15) is 0 Å². The summed E-state index contributed by atoms with van der Waals surface area (Å²) in [6.45, 7) is 14.8. The molecule has 1 rings (SSSR count). The molecule has 0 aliphatic carbocycles. The van der Waals surface area contributed by atoms with Crippen LogP contribution in [0.15, 0.2) is 30.3 Å². The quantitative estimate of drug-likeness (QED) is 0.595. The van der Waals surface area contributed by atoms with E-state index in [9.17, 15) is 0 Å². The summed E-state index contributed by atoms with van der Waals surface area (Å²) >= 11 is 6.37. The summed E-state index contributed by atoms with van der Waals surface area (Å²) in [5.74, 6) is 0. The highest BCUT2D eigenvalue weighted by atomic mass is 35.5. The average Bonchev–Trinajstić information content (AvgIpc) is 2.23. The van der Waals surface area contributed by atoms with Crippen molar-refractivity contribution in [2.24, 2.45) is 0 Å². The van der Waals surface area contributed by atoms with Crippen LogP contribution in [0.25, 0.3) is 0 Å². The lowest BCUT2D eigenvalue weighted by Crippen LogP contribution is -2.69. The molecular formula is C13H26ClNSi3. The Balaban J connectivity index is 3.19. The van der Waals surface area contributed by atoms with Crippen LogP contribution in [-0.2, 0) is 0 Å². The first-order chi connectivity index (χ1) is 8.18. The van der Waals surface area contributed by atoms with E-state index >= 15 is 0 Å². The molecule has 1 aromatic rings. The maximum atomic E-state index is 6.37. The van der Waals surface area contributed by atoms with Gasteiger partial charge in [0.2, 0.25) is 0 Å². The minimum absolute atomic E-state index is 0.818. The normalized spacial score (nSPS) is 14.9. The molecule has 0 heterocycles. The lowest BCUT2D eigenvalue weighted by atomic mass is 10.4. The Labute approximate surface area is 121 Å². The second-order valence-corrected chi connectivity index (χ2v) is 21.4. The molecule has 0 spiro atoms. The Kier molecular flexibility index (Phi) is 5.44. The van der Waals surface area contributed by atoms with Gasteiger partial charge in [0, 0.05) is 5.50 Å². The molecule has 18 heavy (non-hydrogen) atoms. The molecule has 0 aromatic heterocycles. The predicted molar refractivity (Wildman–Crippen MR) is 92.5 cm³/mol. The Hall–Kier alpha value is 0.121. The van der Waals surface area contributed by atoms with Crippen molar-refractivity contribution in [1.29, 1.82) is 0 Å². The van der Waals surface area contributed by atoms with Crippen molar-refractivity contribution in [3.63, 3.8) is 0 Å². The monoisotopic (exact) mass is 315 g/mol. The standard InChI is InChI=1S/C13H26ClNSi3/c1-17(2,3)15(18(4,5)6)16(12-14)13-10-8-7-9-11-13/h7-11,16H,12H2,1-6H3. The van der Waals surface area contributed by atoms with Crippen LogP contribution >= 0.6 is 11.6 Å². The SMILES string of the molecule is C[Si](C)(C)N([SiH](CCl)c1ccccc1)[Si](C)(C)C. The molecule has 0 saturated heterocycles. The number of nitrogens with zero attached hydrogens (tertiary/aromatic N) is 1. The van der Waals surface area contributed by atoms with Crippen molar-refractivity contribution in [2.75, 3.05) is 5.50 Å². The van der Waals surface area contributed by atoms with E-state index in [1.54, 1.807) is 0 Å². The fourth-order valence-electron chi connectivity index (χ4n) is 2.92. The molecule has 0 saturated carbocycles. The zero-order chi connectivity index (χ0) is 14.0. The summed E-state index contributed by atoms with van der Waals surface area (Å²) in [6.07, 6.45) is 0. The van der Waals surface area contributed by atoms with Gasteiger partial charge >= 0.3 is 0 Å². The molecular weight excluding hydrogens is 290 g/mol. The highest BCUT2D eigenvalue weighted by molar-refractivity contribution is 7.03. The van der Waals surface area contributed by atoms with Crippen LogP contribution in [0.3, 0.4) is 0 Å². The Morgan fingerprint density at radius 2 is 1.39 bits per heavy atom. The number of hydrogen-bond donors (Lipinski definition) is 0. The van der Waals surface area contributed by atoms with Gasteiger partial charge in [-0.05, 0) is 5.19 Å². The van der Waals surface area contributed by atoms with Gasteiger partial charge in [0.15, 0.2) is 0 Å².